The van der Waals surface area contributed by atoms with Crippen LogP contribution in [0.15, 0.2) is 34.1 Å². The number of ether oxygens (including phenoxy) is 4. The van der Waals surface area contributed by atoms with Crippen molar-refractivity contribution in [1.82, 2.24) is 5.32 Å². The summed E-state index contributed by atoms with van der Waals surface area (Å²) in [5, 5.41) is 3.04. The molecule has 7 nitrogen and oxygen atoms in total. The van der Waals surface area contributed by atoms with E-state index in [1.807, 2.05) is 6.92 Å². The molecular weight excluding hydrogens is 314 g/mol. The van der Waals surface area contributed by atoms with Gasteiger partial charge in [0, 0.05) is 11.4 Å². The molecule has 7 heteroatoms. The lowest BCUT2D eigenvalue weighted by molar-refractivity contribution is -0.138. The third-order valence-electron chi connectivity index (χ3n) is 4.03. The summed E-state index contributed by atoms with van der Waals surface area (Å²) in [5.41, 5.74) is 1.80. The molecule has 0 bridgehead atoms. The largest absolute Gasteiger partial charge is 0.490 e. The Morgan fingerprint density at radius 3 is 1.96 bits per heavy atom. The van der Waals surface area contributed by atoms with E-state index in [1.165, 1.54) is 14.2 Å². The van der Waals surface area contributed by atoms with E-state index in [0.717, 1.165) is 0 Å². The maximum Gasteiger partial charge on any atom is 0.336 e. The molecule has 0 aliphatic carbocycles. The van der Waals surface area contributed by atoms with Gasteiger partial charge in [-0.1, -0.05) is 0 Å². The van der Waals surface area contributed by atoms with Crippen LogP contribution < -0.4 is 5.32 Å². The second-order valence-corrected chi connectivity index (χ2v) is 5.78. The number of allylic oxidation sites excluding steroid dienone is 4. The zero-order valence-corrected chi connectivity index (χ0v) is 14.8. The van der Waals surface area contributed by atoms with Gasteiger partial charge in [0.15, 0.2) is 0 Å². The number of hydrogen-bond acceptors (Lipinski definition) is 7. The van der Waals surface area contributed by atoms with E-state index in [9.17, 15) is 9.59 Å². The molecule has 0 amide bonds. The zero-order valence-electron chi connectivity index (χ0n) is 14.8. The van der Waals surface area contributed by atoms with Gasteiger partial charge in [0.1, 0.15) is 24.2 Å². The van der Waals surface area contributed by atoms with Crippen molar-refractivity contribution in [2.24, 2.45) is 5.92 Å². The minimum absolute atomic E-state index is 0.103. The highest BCUT2D eigenvalue weighted by Crippen LogP contribution is 2.39. The van der Waals surface area contributed by atoms with Gasteiger partial charge in [-0.25, -0.2) is 9.59 Å². The van der Waals surface area contributed by atoms with Crippen molar-refractivity contribution in [2.75, 3.05) is 20.8 Å². The van der Waals surface area contributed by atoms with Gasteiger partial charge in [0.05, 0.1) is 31.3 Å². The first-order chi connectivity index (χ1) is 11.3. The smallest absolute Gasteiger partial charge is 0.336 e. The zero-order chi connectivity index (χ0) is 18.0. The van der Waals surface area contributed by atoms with Crippen LogP contribution >= 0.6 is 0 Å². The number of rotatable bonds is 3. The monoisotopic (exact) mass is 337 g/mol. The van der Waals surface area contributed by atoms with Crippen molar-refractivity contribution in [2.45, 2.75) is 33.8 Å². The van der Waals surface area contributed by atoms with Crippen molar-refractivity contribution in [3.63, 3.8) is 0 Å². The predicted molar refractivity (Wildman–Crippen MR) is 85.3 cm³/mol. The Morgan fingerprint density at radius 2 is 1.54 bits per heavy atom. The molecular formula is C17H23NO6. The molecule has 2 aliphatic heterocycles. The third-order valence-corrected chi connectivity index (χ3v) is 4.03. The summed E-state index contributed by atoms with van der Waals surface area (Å²) in [6.45, 7) is 7.46. The Bertz CT molecular complexity index is 620. The van der Waals surface area contributed by atoms with Crippen LogP contribution in [0.5, 0.6) is 0 Å². The minimum atomic E-state index is -0.737. The summed E-state index contributed by atoms with van der Waals surface area (Å²) < 4.78 is 21.4. The van der Waals surface area contributed by atoms with E-state index in [4.69, 9.17) is 18.9 Å². The molecule has 1 atom stereocenters. The summed E-state index contributed by atoms with van der Waals surface area (Å²) in [7, 11) is 2.59. The van der Waals surface area contributed by atoms with Gasteiger partial charge >= 0.3 is 11.9 Å². The molecule has 0 aromatic carbocycles. The van der Waals surface area contributed by atoms with E-state index in [1.54, 1.807) is 20.8 Å². The fraction of sp³-hybridized carbons (Fsp3) is 0.529. The molecule has 1 unspecified atom stereocenters. The summed E-state index contributed by atoms with van der Waals surface area (Å²) in [5.74, 6) is -0.861. The van der Waals surface area contributed by atoms with Gasteiger partial charge in [-0.2, -0.15) is 0 Å². The molecule has 0 fully saturated rings. The first kappa shape index (κ1) is 17.9. The van der Waals surface area contributed by atoms with E-state index >= 15 is 0 Å². The number of nitrogens with one attached hydrogen (secondary N) is 1. The number of hydrogen-bond donors (Lipinski definition) is 1. The molecule has 1 N–H and O–H groups in total. The number of dihydropyridines is 1. The summed E-state index contributed by atoms with van der Waals surface area (Å²) in [4.78, 5) is 24.7. The molecule has 2 aliphatic rings. The van der Waals surface area contributed by atoms with Gasteiger partial charge in [-0.05, 0) is 27.7 Å². The number of carbonyl (C=O) groups is 2. The van der Waals surface area contributed by atoms with Crippen LogP contribution in [0.3, 0.4) is 0 Å². The average molecular weight is 337 g/mol. The summed E-state index contributed by atoms with van der Waals surface area (Å²) in [6.07, 6.45) is -0.103. The second kappa shape index (κ2) is 6.98. The normalized spacial score (nSPS) is 21.8. The van der Waals surface area contributed by atoms with Gasteiger partial charge < -0.3 is 24.3 Å². The molecule has 0 saturated carbocycles. The van der Waals surface area contributed by atoms with Crippen LogP contribution in [-0.4, -0.2) is 38.9 Å². The Kier molecular flexibility index (Phi) is 5.21. The van der Waals surface area contributed by atoms with Crippen LogP contribution in [0.4, 0.5) is 0 Å². The summed E-state index contributed by atoms with van der Waals surface area (Å²) in [6, 6.07) is 0. The molecule has 0 aromatic rings. The van der Waals surface area contributed by atoms with E-state index < -0.39 is 17.9 Å². The van der Waals surface area contributed by atoms with E-state index in [2.05, 4.69) is 5.32 Å². The van der Waals surface area contributed by atoms with Gasteiger partial charge in [-0.3, -0.25) is 0 Å². The van der Waals surface area contributed by atoms with Crippen LogP contribution in [0.2, 0.25) is 0 Å². The van der Waals surface area contributed by atoms with Crippen LogP contribution in [0.25, 0.3) is 0 Å². The topological polar surface area (TPSA) is 83.1 Å². The number of methoxy groups -OCH3 is 2. The standard InChI is InChI=1S/C17H23NO6/c1-8-7-23-15(11(4)24-8)14-12(16(19)21-5)9(2)18-10(3)13(14)17(20)22-6/h8,14,18H,7H2,1-6H3. The van der Waals surface area contributed by atoms with E-state index in [0.29, 0.717) is 40.7 Å². The second-order valence-electron chi connectivity index (χ2n) is 5.78. The highest BCUT2D eigenvalue weighted by atomic mass is 16.6. The van der Waals surface area contributed by atoms with Crippen molar-refractivity contribution in [3.8, 4) is 0 Å². The van der Waals surface area contributed by atoms with E-state index in [-0.39, 0.29) is 6.10 Å². The molecule has 24 heavy (non-hydrogen) atoms. The number of carbonyl (C=O) groups excluding carboxylic acids is 2. The van der Waals surface area contributed by atoms with Crippen LogP contribution in [0, 0.1) is 5.92 Å². The fourth-order valence-electron chi connectivity index (χ4n) is 3.01. The maximum absolute atomic E-state index is 12.4. The summed E-state index contributed by atoms with van der Waals surface area (Å²) >= 11 is 0. The lowest BCUT2D eigenvalue weighted by Gasteiger charge is -2.34. The molecule has 2 rings (SSSR count). The number of esters is 2. The maximum atomic E-state index is 12.4. The van der Waals surface area contributed by atoms with Crippen molar-refractivity contribution >= 4 is 11.9 Å². The van der Waals surface area contributed by atoms with Crippen molar-refractivity contribution in [3.05, 3.63) is 34.1 Å². The van der Waals surface area contributed by atoms with Gasteiger partial charge in [0.2, 0.25) is 0 Å². The molecule has 0 saturated heterocycles. The quantitative estimate of drug-likeness (QED) is 0.786. The average Bonchev–Trinajstić information content (AvgIpc) is 2.53. The Morgan fingerprint density at radius 1 is 1.04 bits per heavy atom. The Balaban J connectivity index is 2.64. The SMILES string of the molecule is COC(=O)C1=C(C)NC(C)=C(C(=O)OC)C1C1=C(C)OC(C)CO1. The highest BCUT2D eigenvalue weighted by molar-refractivity contribution is 5.98. The molecule has 132 valence electrons. The molecule has 0 radical (unpaired) electrons. The van der Waals surface area contributed by atoms with Gasteiger partial charge in [0.25, 0.3) is 0 Å². The lowest BCUT2D eigenvalue weighted by Crippen LogP contribution is -2.36. The van der Waals surface area contributed by atoms with Crippen molar-refractivity contribution in [1.29, 1.82) is 0 Å². The van der Waals surface area contributed by atoms with Crippen LogP contribution in [0.1, 0.15) is 27.7 Å². The Labute approximate surface area is 141 Å². The molecule has 0 aromatic heterocycles. The predicted octanol–water partition coefficient (Wildman–Crippen LogP) is 1.77. The van der Waals surface area contributed by atoms with Crippen molar-refractivity contribution < 1.29 is 28.5 Å². The minimum Gasteiger partial charge on any atom is -0.490 e. The fourth-order valence-corrected chi connectivity index (χ4v) is 3.01. The highest BCUT2D eigenvalue weighted by Gasteiger charge is 2.42. The first-order valence-electron chi connectivity index (χ1n) is 7.67. The first-order valence-corrected chi connectivity index (χ1v) is 7.67. The van der Waals surface area contributed by atoms with Crippen LogP contribution in [-0.2, 0) is 28.5 Å². The molecule has 0 spiro atoms. The third kappa shape index (κ3) is 3.11. The van der Waals surface area contributed by atoms with Gasteiger partial charge in [-0.15, -0.1) is 0 Å². The molecule has 2 heterocycles. The Hall–Kier alpha value is -2.44. The lowest BCUT2D eigenvalue weighted by atomic mass is 9.83.